The summed E-state index contributed by atoms with van der Waals surface area (Å²) in [7, 11) is -3.50. The molecule has 2 unspecified atom stereocenters. The molecular weight excluding hydrogens is 248 g/mol. The first-order valence-corrected chi connectivity index (χ1v) is 7.77. The van der Waals surface area contributed by atoms with Gasteiger partial charge in [-0.25, -0.2) is 4.83 Å². The van der Waals surface area contributed by atoms with E-state index in [0.717, 1.165) is 24.5 Å². The molecule has 1 aromatic carbocycles. The average molecular weight is 264 g/mol. The van der Waals surface area contributed by atoms with Crippen LogP contribution in [0.15, 0.2) is 40.3 Å². The van der Waals surface area contributed by atoms with Crippen molar-refractivity contribution in [1.29, 1.82) is 0 Å². The molecule has 5 heteroatoms. The number of fused-ring (bicyclic) bond motifs is 2. The highest BCUT2D eigenvalue weighted by Gasteiger charge is 2.36. The zero-order chi connectivity index (χ0) is 12.6. The van der Waals surface area contributed by atoms with E-state index >= 15 is 0 Å². The number of benzene rings is 1. The van der Waals surface area contributed by atoms with Crippen LogP contribution in [0.1, 0.15) is 25.7 Å². The van der Waals surface area contributed by atoms with Crippen molar-refractivity contribution in [3.63, 3.8) is 0 Å². The van der Waals surface area contributed by atoms with E-state index in [4.69, 9.17) is 0 Å². The Morgan fingerprint density at radius 1 is 1.17 bits per heavy atom. The first-order chi connectivity index (χ1) is 8.65. The summed E-state index contributed by atoms with van der Waals surface area (Å²) in [6.45, 7) is 0. The third-order valence-electron chi connectivity index (χ3n) is 3.87. The highest BCUT2D eigenvalue weighted by atomic mass is 32.2. The van der Waals surface area contributed by atoms with E-state index < -0.39 is 10.0 Å². The molecule has 0 heterocycles. The molecule has 2 atom stereocenters. The van der Waals surface area contributed by atoms with Crippen molar-refractivity contribution in [3.05, 3.63) is 30.3 Å². The zero-order valence-electron chi connectivity index (χ0n) is 10.0. The lowest BCUT2D eigenvalue weighted by Gasteiger charge is -2.12. The van der Waals surface area contributed by atoms with E-state index in [-0.39, 0.29) is 4.90 Å². The SMILES string of the molecule is O=S(=O)(N/N=C1\CC2CCC1C2)c1ccccc1. The molecule has 2 aliphatic carbocycles. The van der Waals surface area contributed by atoms with Crippen molar-refractivity contribution >= 4 is 15.7 Å². The maximum Gasteiger partial charge on any atom is 0.276 e. The Balaban J connectivity index is 1.76. The minimum absolute atomic E-state index is 0.262. The van der Waals surface area contributed by atoms with Crippen LogP contribution in [0.5, 0.6) is 0 Å². The van der Waals surface area contributed by atoms with Gasteiger partial charge in [0.15, 0.2) is 0 Å². The molecule has 2 saturated carbocycles. The lowest BCUT2D eigenvalue weighted by atomic mass is 9.99. The normalized spacial score (nSPS) is 28.8. The molecule has 0 aromatic heterocycles. The number of nitrogens with one attached hydrogen (secondary N) is 1. The minimum atomic E-state index is -3.50. The number of hydrazone groups is 1. The Morgan fingerprint density at radius 2 is 1.94 bits per heavy atom. The Morgan fingerprint density at radius 3 is 2.56 bits per heavy atom. The highest BCUT2D eigenvalue weighted by Crippen LogP contribution is 2.42. The summed E-state index contributed by atoms with van der Waals surface area (Å²) < 4.78 is 24.0. The molecule has 0 aliphatic heterocycles. The summed E-state index contributed by atoms with van der Waals surface area (Å²) >= 11 is 0. The van der Waals surface area contributed by atoms with Crippen molar-refractivity contribution in [3.8, 4) is 0 Å². The predicted molar refractivity (Wildman–Crippen MR) is 69.6 cm³/mol. The molecule has 2 fully saturated rings. The van der Waals surface area contributed by atoms with Gasteiger partial charge in [-0.15, -0.1) is 0 Å². The quantitative estimate of drug-likeness (QED) is 0.850. The summed E-state index contributed by atoms with van der Waals surface area (Å²) in [5.41, 5.74) is 1.03. The molecule has 0 saturated heterocycles. The van der Waals surface area contributed by atoms with Crippen LogP contribution in [0, 0.1) is 11.8 Å². The van der Waals surface area contributed by atoms with Crippen molar-refractivity contribution in [2.24, 2.45) is 16.9 Å². The van der Waals surface area contributed by atoms with Crippen LogP contribution < -0.4 is 4.83 Å². The van der Waals surface area contributed by atoms with Crippen molar-refractivity contribution in [2.75, 3.05) is 0 Å². The van der Waals surface area contributed by atoms with E-state index in [9.17, 15) is 8.42 Å². The second-order valence-corrected chi connectivity index (χ2v) is 6.75. The molecular formula is C13H16N2O2S. The third-order valence-corrected chi connectivity index (χ3v) is 5.10. The topological polar surface area (TPSA) is 58.5 Å². The average Bonchev–Trinajstić information content (AvgIpc) is 3.00. The Kier molecular flexibility index (Phi) is 2.86. The Hall–Kier alpha value is -1.36. The fourth-order valence-electron chi connectivity index (χ4n) is 2.93. The largest absolute Gasteiger partial charge is 0.276 e. The zero-order valence-corrected chi connectivity index (χ0v) is 10.9. The van der Waals surface area contributed by atoms with Crippen LogP contribution in [0.4, 0.5) is 0 Å². The van der Waals surface area contributed by atoms with Gasteiger partial charge >= 0.3 is 0 Å². The molecule has 2 aliphatic rings. The van der Waals surface area contributed by atoms with Crippen LogP contribution in [-0.4, -0.2) is 14.1 Å². The molecule has 18 heavy (non-hydrogen) atoms. The number of hydrogen-bond acceptors (Lipinski definition) is 3. The summed E-state index contributed by atoms with van der Waals surface area (Å²) in [5, 5.41) is 4.13. The van der Waals surface area contributed by atoms with Crippen LogP contribution >= 0.6 is 0 Å². The molecule has 0 radical (unpaired) electrons. The second kappa shape index (κ2) is 4.39. The second-order valence-electron chi connectivity index (χ2n) is 5.09. The van der Waals surface area contributed by atoms with Crippen molar-refractivity contribution < 1.29 is 8.42 Å². The maximum atomic E-state index is 12.0. The van der Waals surface area contributed by atoms with Gasteiger partial charge in [0.1, 0.15) is 0 Å². The van der Waals surface area contributed by atoms with Crippen LogP contribution in [0.2, 0.25) is 0 Å². The Labute approximate surface area is 107 Å². The van der Waals surface area contributed by atoms with Crippen LogP contribution in [-0.2, 0) is 10.0 Å². The van der Waals surface area contributed by atoms with Gasteiger partial charge in [0.25, 0.3) is 10.0 Å². The molecule has 2 bridgehead atoms. The van der Waals surface area contributed by atoms with E-state index in [1.54, 1.807) is 30.3 Å². The van der Waals surface area contributed by atoms with Gasteiger partial charge in [0.2, 0.25) is 0 Å². The summed E-state index contributed by atoms with van der Waals surface area (Å²) in [6.07, 6.45) is 4.58. The predicted octanol–water partition coefficient (Wildman–Crippen LogP) is 2.14. The fourth-order valence-corrected chi connectivity index (χ4v) is 3.79. The number of rotatable bonds is 3. The standard InChI is InChI=1S/C13H16N2O2S/c16-18(17,12-4-2-1-3-5-12)15-14-13-9-10-6-7-11(13)8-10/h1-5,10-11,15H,6-9H2/b14-13+. The highest BCUT2D eigenvalue weighted by molar-refractivity contribution is 7.89. The van der Waals surface area contributed by atoms with Gasteiger partial charge in [-0.05, 0) is 49.7 Å². The lowest BCUT2D eigenvalue weighted by molar-refractivity contribution is 0.579. The van der Waals surface area contributed by atoms with Gasteiger partial charge in [0, 0.05) is 5.71 Å². The smallest absolute Gasteiger partial charge is 0.200 e. The molecule has 1 N–H and O–H groups in total. The van der Waals surface area contributed by atoms with Crippen molar-refractivity contribution in [1.82, 2.24) is 4.83 Å². The number of nitrogens with zero attached hydrogens (tertiary/aromatic N) is 1. The summed E-state index contributed by atoms with van der Waals surface area (Å²) in [5.74, 6) is 1.24. The van der Waals surface area contributed by atoms with Crippen LogP contribution in [0.25, 0.3) is 0 Å². The third kappa shape index (κ3) is 2.14. The van der Waals surface area contributed by atoms with E-state index in [1.165, 1.54) is 12.8 Å². The van der Waals surface area contributed by atoms with Crippen LogP contribution in [0.3, 0.4) is 0 Å². The molecule has 4 nitrogen and oxygen atoms in total. The summed E-state index contributed by atoms with van der Waals surface area (Å²) in [4.78, 5) is 2.62. The molecule has 1 aromatic rings. The summed E-state index contributed by atoms with van der Waals surface area (Å²) in [6, 6.07) is 8.35. The monoisotopic (exact) mass is 264 g/mol. The fraction of sp³-hybridized carbons (Fsp3) is 0.462. The maximum absolute atomic E-state index is 12.0. The molecule has 0 spiro atoms. The van der Waals surface area contributed by atoms with E-state index in [1.807, 2.05) is 0 Å². The van der Waals surface area contributed by atoms with E-state index in [0.29, 0.717) is 5.92 Å². The lowest BCUT2D eigenvalue weighted by Crippen LogP contribution is -2.22. The van der Waals surface area contributed by atoms with Gasteiger partial charge in [-0.2, -0.15) is 13.5 Å². The van der Waals surface area contributed by atoms with Crippen molar-refractivity contribution in [2.45, 2.75) is 30.6 Å². The molecule has 3 rings (SSSR count). The number of sulfonamides is 1. The van der Waals surface area contributed by atoms with Gasteiger partial charge < -0.3 is 0 Å². The van der Waals surface area contributed by atoms with Gasteiger partial charge in [0.05, 0.1) is 4.90 Å². The Bertz CT molecular complexity index is 566. The molecule has 0 amide bonds. The molecule has 96 valence electrons. The first kappa shape index (κ1) is 11.7. The van der Waals surface area contributed by atoms with Gasteiger partial charge in [-0.1, -0.05) is 18.2 Å². The minimum Gasteiger partial charge on any atom is -0.200 e. The number of hydrogen-bond donors (Lipinski definition) is 1. The first-order valence-electron chi connectivity index (χ1n) is 6.28. The van der Waals surface area contributed by atoms with Gasteiger partial charge in [-0.3, -0.25) is 0 Å². The van der Waals surface area contributed by atoms with E-state index in [2.05, 4.69) is 9.93 Å².